The lowest BCUT2D eigenvalue weighted by atomic mass is 9.97. The molecule has 5 aromatic rings. The van der Waals surface area contributed by atoms with Crippen LogP contribution in [0.15, 0.2) is 127 Å². The average Bonchev–Trinajstić information content (AvgIpc) is 3.16. The maximum absolute atomic E-state index is 12.6. The number of amides is 2. The number of ether oxygens (including phenoxy) is 2. The number of nitrogens with zero attached hydrogens (tertiary/aromatic N) is 1. The lowest BCUT2D eigenvalue weighted by molar-refractivity contribution is -0.252. The van der Waals surface area contributed by atoms with Crippen molar-refractivity contribution in [2.45, 2.75) is 50.7 Å². The Morgan fingerprint density at radius 3 is 2.25 bits per heavy atom. The van der Waals surface area contributed by atoms with Gasteiger partial charge in [0.05, 0.1) is 24.9 Å². The van der Waals surface area contributed by atoms with Gasteiger partial charge in [-0.25, -0.2) is 4.79 Å². The van der Waals surface area contributed by atoms with Gasteiger partial charge in [0.25, 0.3) is 0 Å². The maximum Gasteiger partial charge on any atom is 0.315 e. The number of nitrogens with one attached hydrogen (secondary N) is 2. The van der Waals surface area contributed by atoms with E-state index >= 15 is 0 Å². The number of carbonyl (C=O) groups excluding carboxylic acids is 1. The Kier molecular flexibility index (Phi) is 12.1. The Bertz CT molecular complexity index is 1850. The number of aromatic hydroxyl groups is 1. The Morgan fingerprint density at radius 2 is 1.51 bits per heavy atom. The van der Waals surface area contributed by atoms with E-state index in [0.29, 0.717) is 38.2 Å². The van der Waals surface area contributed by atoms with Crippen LogP contribution < -0.4 is 10.6 Å². The quantitative estimate of drug-likeness (QED) is 0.0927. The van der Waals surface area contributed by atoms with Gasteiger partial charge in [-0.3, -0.25) is 0 Å². The molecule has 9 nitrogen and oxygen atoms in total. The molecular weight excluding hydrogens is 642 g/mol. The summed E-state index contributed by atoms with van der Waals surface area (Å²) in [7, 11) is 1.94. The number of likely N-dealkylation sites (N-methyl/N-ethyl adjacent to an activating group) is 1. The average molecular weight is 688 g/mol. The minimum absolute atomic E-state index is 0.0283. The van der Waals surface area contributed by atoms with Crippen LogP contribution >= 0.6 is 0 Å². The number of benzene rings is 5. The predicted octanol–water partition coefficient (Wildman–Crippen LogP) is 6.76. The number of hydrogen-bond acceptors (Lipinski definition) is 7. The van der Waals surface area contributed by atoms with E-state index in [9.17, 15) is 20.1 Å². The third-order valence-electron chi connectivity index (χ3n) is 9.12. The standard InChI is InChI=1S/C42H45N3O6/c1-45(27-39(48)34-11-7-12-36(47)22-34)26-37-23-40(32-16-14-30(28-46)15-17-32)51-41(50-37)33-20-18-31(19-21-33)38-13-6-5-10-35(38)25-44-42(49)43-24-29-8-3-2-4-9-29/h2-22,37,39-41,46-48H,23-28H2,1H3,(H2,43,44,49). The number of hydrogen-bond donors (Lipinski definition) is 5. The Balaban J connectivity index is 1.14. The van der Waals surface area contributed by atoms with E-state index in [1.165, 1.54) is 0 Å². The van der Waals surface area contributed by atoms with Crippen molar-refractivity contribution in [2.24, 2.45) is 0 Å². The molecule has 0 saturated carbocycles. The molecule has 2 amide bonds. The van der Waals surface area contributed by atoms with Crippen LogP contribution in [0.3, 0.4) is 0 Å². The van der Waals surface area contributed by atoms with Gasteiger partial charge in [-0.1, -0.05) is 115 Å². The van der Waals surface area contributed by atoms with Gasteiger partial charge in [0.1, 0.15) is 5.75 Å². The molecule has 0 aliphatic carbocycles. The second kappa shape index (κ2) is 17.3. The largest absolute Gasteiger partial charge is 0.508 e. The predicted molar refractivity (Wildman–Crippen MR) is 196 cm³/mol. The number of phenolic OH excluding ortho intramolecular Hbond substituents is 1. The fourth-order valence-corrected chi connectivity index (χ4v) is 6.38. The lowest BCUT2D eigenvalue weighted by Crippen LogP contribution is -2.39. The van der Waals surface area contributed by atoms with Crippen LogP contribution in [0.25, 0.3) is 11.1 Å². The number of phenols is 1. The van der Waals surface area contributed by atoms with Crippen LogP contribution in [-0.2, 0) is 29.2 Å². The minimum Gasteiger partial charge on any atom is -0.508 e. The van der Waals surface area contributed by atoms with Crippen molar-refractivity contribution in [1.82, 2.24) is 15.5 Å². The molecule has 4 atom stereocenters. The maximum atomic E-state index is 12.6. The van der Waals surface area contributed by atoms with Crippen molar-refractivity contribution >= 4 is 6.03 Å². The van der Waals surface area contributed by atoms with E-state index in [0.717, 1.165) is 38.9 Å². The van der Waals surface area contributed by atoms with Gasteiger partial charge in [0.2, 0.25) is 0 Å². The second-order valence-corrected chi connectivity index (χ2v) is 13.0. The van der Waals surface area contributed by atoms with Gasteiger partial charge in [0.15, 0.2) is 6.29 Å². The van der Waals surface area contributed by atoms with Gasteiger partial charge in [-0.2, -0.15) is 0 Å². The van der Waals surface area contributed by atoms with Crippen molar-refractivity contribution in [3.8, 4) is 16.9 Å². The zero-order valence-electron chi connectivity index (χ0n) is 28.7. The van der Waals surface area contributed by atoms with Crippen molar-refractivity contribution in [1.29, 1.82) is 0 Å². The first kappa shape index (κ1) is 35.8. The second-order valence-electron chi connectivity index (χ2n) is 13.0. The fraction of sp³-hybridized carbons (Fsp3) is 0.262. The van der Waals surface area contributed by atoms with E-state index < -0.39 is 12.4 Å². The minimum atomic E-state index is -0.770. The summed E-state index contributed by atoms with van der Waals surface area (Å²) >= 11 is 0. The van der Waals surface area contributed by atoms with Crippen LogP contribution in [0.2, 0.25) is 0 Å². The summed E-state index contributed by atoms with van der Waals surface area (Å²) < 4.78 is 13.1. The smallest absolute Gasteiger partial charge is 0.315 e. The van der Waals surface area contributed by atoms with E-state index in [1.54, 1.807) is 24.3 Å². The van der Waals surface area contributed by atoms with Crippen LogP contribution in [0.5, 0.6) is 5.75 Å². The van der Waals surface area contributed by atoms with Gasteiger partial charge in [-0.05, 0) is 58.1 Å². The molecule has 1 aliphatic heterocycles. The monoisotopic (exact) mass is 687 g/mol. The molecule has 0 spiro atoms. The molecule has 0 bridgehead atoms. The number of aliphatic hydroxyl groups excluding tert-OH is 2. The molecule has 0 aromatic heterocycles. The third-order valence-corrected chi connectivity index (χ3v) is 9.12. The third kappa shape index (κ3) is 9.82. The molecule has 6 rings (SSSR count). The molecule has 1 aliphatic rings. The summed E-state index contributed by atoms with van der Waals surface area (Å²) in [5.74, 6) is 0.118. The van der Waals surface area contributed by atoms with Crippen molar-refractivity contribution in [3.63, 3.8) is 0 Å². The molecular formula is C42H45N3O6. The normalized spacial score (nSPS) is 17.9. The SMILES string of the molecule is CN(CC1CC(c2ccc(CO)cc2)OC(c2ccc(-c3ccccc3CNC(=O)NCc3ccccc3)cc2)O1)CC(O)c1cccc(O)c1. The molecule has 1 saturated heterocycles. The summed E-state index contributed by atoms with van der Waals surface area (Å²) in [5.41, 5.74) is 7.41. The molecule has 5 N–H and O–H groups in total. The van der Waals surface area contributed by atoms with Crippen molar-refractivity contribution < 1.29 is 29.6 Å². The zero-order valence-corrected chi connectivity index (χ0v) is 28.7. The van der Waals surface area contributed by atoms with Crippen LogP contribution in [0.4, 0.5) is 4.79 Å². The molecule has 51 heavy (non-hydrogen) atoms. The van der Waals surface area contributed by atoms with Crippen molar-refractivity contribution in [2.75, 3.05) is 20.1 Å². The highest BCUT2D eigenvalue weighted by atomic mass is 16.7. The van der Waals surface area contributed by atoms with Gasteiger partial charge < -0.3 is 40.3 Å². The number of rotatable bonds is 13. The fourth-order valence-electron chi connectivity index (χ4n) is 6.38. The van der Waals surface area contributed by atoms with E-state index in [4.69, 9.17) is 9.47 Å². The van der Waals surface area contributed by atoms with E-state index in [-0.39, 0.29) is 30.6 Å². The summed E-state index contributed by atoms with van der Waals surface area (Å²) in [4.78, 5) is 14.6. The molecule has 0 radical (unpaired) electrons. The first-order chi connectivity index (χ1) is 24.8. The highest BCUT2D eigenvalue weighted by Crippen LogP contribution is 2.39. The van der Waals surface area contributed by atoms with Crippen LogP contribution in [0, 0.1) is 0 Å². The molecule has 1 heterocycles. The molecule has 4 unspecified atom stereocenters. The summed E-state index contributed by atoms with van der Waals surface area (Å²) in [6.07, 6.45) is -1.24. The Labute approximate surface area is 299 Å². The summed E-state index contributed by atoms with van der Waals surface area (Å²) in [6.45, 7) is 1.72. The van der Waals surface area contributed by atoms with Gasteiger partial charge >= 0.3 is 6.03 Å². The zero-order chi connectivity index (χ0) is 35.6. The highest BCUT2D eigenvalue weighted by Gasteiger charge is 2.33. The topological polar surface area (TPSA) is 124 Å². The number of aliphatic hydroxyl groups is 2. The molecule has 9 heteroatoms. The number of urea groups is 1. The summed E-state index contributed by atoms with van der Waals surface area (Å²) in [6, 6.07) is 40.2. The Hall–Kier alpha value is -5.03. The van der Waals surface area contributed by atoms with Crippen LogP contribution in [-0.4, -0.2) is 52.5 Å². The van der Waals surface area contributed by atoms with E-state index in [2.05, 4.69) is 10.6 Å². The number of carbonyl (C=O) groups is 1. The van der Waals surface area contributed by atoms with Crippen LogP contribution in [0.1, 0.15) is 58.3 Å². The van der Waals surface area contributed by atoms with E-state index in [1.807, 2.05) is 115 Å². The van der Waals surface area contributed by atoms with Gasteiger partial charge in [0, 0.05) is 38.2 Å². The first-order valence-corrected chi connectivity index (χ1v) is 17.2. The molecule has 1 fully saturated rings. The Morgan fingerprint density at radius 1 is 0.804 bits per heavy atom. The van der Waals surface area contributed by atoms with Crippen molar-refractivity contribution in [3.05, 3.63) is 161 Å². The van der Waals surface area contributed by atoms with Gasteiger partial charge in [-0.15, -0.1) is 0 Å². The lowest BCUT2D eigenvalue weighted by Gasteiger charge is -2.38. The highest BCUT2D eigenvalue weighted by molar-refractivity contribution is 5.75. The summed E-state index contributed by atoms with van der Waals surface area (Å²) in [5, 5.41) is 36.2. The molecule has 264 valence electrons. The molecule has 5 aromatic carbocycles. The first-order valence-electron chi connectivity index (χ1n) is 17.2.